The summed E-state index contributed by atoms with van der Waals surface area (Å²) in [4.78, 5) is 12.1. The summed E-state index contributed by atoms with van der Waals surface area (Å²) >= 11 is 0. The molecule has 5 nitrogen and oxygen atoms in total. The zero-order valence-electron chi connectivity index (χ0n) is 10.4. The van der Waals surface area contributed by atoms with Crippen LogP contribution in [0.4, 0.5) is 0 Å². The summed E-state index contributed by atoms with van der Waals surface area (Å²) in [6, 6.07) is 2.03. The average Bonchev–Trinajstić information content (AvgIpc) is 2.84. The number of hydrogen-bond donors (Lipinski definition) is 2. The van der Waals surface area contributed by atoms with Crippen LogP contribution in [0.5, 0.6) is 0 Å². The van der Waals surface area contributed by atoms with Gasteiger partial charge in [-0.1, -0.05) is 6.42 Å². The normalized spacial score (nSPS) is 23.9. The van der Waals surface area contributed by atoms with Gasteiger partial charge in [0.2, 0.25) is 0 Å². The summed E-state index contributed by atoms with van der Waals surface area (Å²) in [7, 11) is 1.79. The molecule has 3 N–H and O–H groups in total. The van der Waals surface area contributed by atoms with Crippen molar-refractivity contribution in [3.05, 3.63) is 17.5 Å². The van der Waals surface area contributed by atoms with Gasteiger partial charge in [-0.05, 0) is 38.3 Å². The molecule has 1 saturated carbocycles. The number of nitrogens with zero attached hydrogens (tertiary/aromatic N) is 2. The number of aromatic nitrogens is 2. The minimum Gasteiger partial charge on any atom is -0.348 e. The van der Waals surface area contributed by atoms with Crippen molar-refractivity contribution in [1.82, 2.24) is 15.1 Å². The smallest absolute Gasteiger partial charge is 0.269 e. The number of carbonyl (C=O) groups is 1. The van der Waals surface area contributed by atoms with Crippen molar-refractivity contribution in [2.45, 2.75) is 32.2 Å². The van der Waals surface area contributed by atoms with Gasteiger partial charge in [0.15, 0.2) is 0 Å². The zero-order chi connectivity index (χ0) is 12.4. The Balaban J connectivity index is 2.04. The maximum Gasteiger partial charge on any atom is 0.269 e. The molecular weight excluding hydrogens is 216 g/mol. The minimum atomic E-state index is -0.0431. The summed E-state index contributed by atoms with van der Waals surface area (Å²) in [6.07, 6.45) is 3.30. The molecule has 1 aromatic heterocycles. The van der Waals surface area contributed by atoms with Crippen LogP contribution in [0.25, 0.3) is 0 Å². The van der Waals surface area contributed by atoms with Crippen molar-refractivity contribution in [3.63, 3.8) is 0 Å². The lowest BCUT2D eigenvalue weighted by Crippen LogP contribution is -2.40. The molecule has 0 bridgehead atoms. The first kappa shape index (κ1) is 12.1. The second-order valence-electron chi connectivity index (χ2n) is 4.80. The van der Waals surface area contributed by atoms with E-state index in [4.69, 9.17) is 5.73 Å². The Morgan fingerprint density at radius 1 is 1.65 bits per heavy atom. The van der Waals surface area contributed by atoms with Gasteiger partial charge in [-0.3, -0.25) is 9.48 Å². The van der Waals surface area contributed by atoms with Crippen LogP contribution in [0.3, 0.4) is 0 Å². The largest absolute Gasteiger partial charge is 0.348 e. The predicted octanol–water partition coefficient (Wildman–Crippen LogP) is 0.586. The number of carbonyl (C=O) groups excluding carboxylic acids is 1. The molecule has 2 unspecified atom stereocenters. The SMILES string of the molecule is Cc1cc(C(=O)NC2CCCC2CN)n(C)n1. The molecule has 1 fully saturated rings. The van der Waals surface area contributed by atoms with Crippen LogP contribution in [0.1, 0.15) is 35.4 Å². The molecule has 0 aliphatic heterocycles. The van der Waals surface area contributed by atoms with Crippen LogP contribution in [0.2, 0.25) is 0 Å². The zero-order valence-corrected chi connectivity index (χ0v) is 10.4. The highest BCUT2D eigenvalue weighted by atomic mass is 16.2. The lowest BCUT2D eigenvalue weighted by molar-refractivity contribution is 0.0919. The van der Waals surface area contributed by atoms with Crippen LogP contribution < -0.4 is 11.1 Å². The van der Waals surface area contributed by atoms with Gasteiger partial charge < -0.3 is 11.1 Å². The summed E-state index contributed by atoms with van der Waals surface area (Å²) in [5, 5.41) is 7.25. The van der Waals surface area contributed by atoms with Gasteiger partial charge in [0.1, 0.15) is 5.69 Å². The van der Waals surface area contributed by atoms with Crippen molar-refractivity contribution in [2.75, 3.05) is 6.54 Å². The second-order valence-corrected chi connectivity index (χ2v) is 4.80. The molecule has 1 aliphatic carbocycles. The molecule has 1 aliphatic rings. The van der Waals surface area contributed by atoms with E-state index in [0.29, 0.717) is 18.2 Å². The molecule has 17 heavy (non-hydrogen) atoms. The highest BCUT2D eigenvalue weighted by Crippen LogP contribution is 2.24. The van der Waals surface area contributed by atoms with Crippen molar-refractivity contribution in [2.24, 2.45) is 18.7 Å². The predicted molar refractivity (Wildman–Crippen MR) is 65.6 cm³/mol. The Kier molecular flexibility index (Phi) is 3.47. The van der Waals surface area contributed by atoms with E-state index >= 15 is 0 Å². The summed E-state index contributed by atoms with van der Waals surface area (Å²) in [6.45, 7) is 2.53. The third kappa shape index (κ3) is 2.49. The fraction of sp³-hybridized carbons (Fsp3) is 0.667. The lowest BCUT2D eigenvalue weighted by Gasteiger charge is -2.19. The summed E-state index contributed by atoms with van der Waals surface area (Å²) in [5.74, 6) is 0.381. The number of aryl methyl sites for hydroxylation is 2. The highest BCUT2D eigenvalue weighted by Gasteiger charge is 2.28. The monoisotopic (exact) mass is 236 g/mol. The number of nitrogens with two attached hydrogens (primary N) is 1. The van der Waals surface area contributed by atoms with E-state index in [1.165, 1.54) is 0 Å². The van der Waals surface area contributed by atoms with E-state index in [-0.39, 0.29) is 11.9 Å². The quantitative estimate of drug-likeness (QED) is 0.806. The summed E-state index contributed by atoms with van der Waals surface area (Å²) in [5.41, 5.74) is 7.18. The van der Waals surface area contributed by atoms with Gasteiger partial charge in [-0.2, -0.15) is 5.10 Å². The van der Waals surface area contributed by atoms with Gasteiger partial charge in [0.05, 0.1) is 5.69 Å². The number of hydrogen-bond acceptors (Lipinski definition) is 3. The molecule has 5 heteroatoms. The molecule has 0 radical (unpaired) electrons. The Bertz CT molecular complexity index is 413. The summed E-state index contributed by atoms with van der Waals surface area (Å²) < 4.78 is 1.62. The average molecular weight is 236 g/mol. The maximum absolute atomic E-state index is 12.1. The fourth-order valence-corrected chi connectivity index (χ4v) is 2.57. The van der Waals surface area contributed by atoms with Crippen LogP contribution in [-0.4, -0.2) is 28.3 Å². The van der Waals surface area contributed by atoms with Crippen molar-refractivity contribution in [1.29, 1.82) is 0 Å². The minimum absolute atomic E-state index is 0.0431. The lowest BCUT2D eigenvalue weighted by atomic mass is 10.0. The Labute approximate surface area is 101 Å². The van der Waals surface area contributed by atoms with Crippen LogP contribution in [0.15, 0.2) is 6.07 Å². The van der Waals surface area contributed by atoms with Crippen molar-refractivity contribution >= 4 is 5.91 Å². The molecular formula is C12H20N4O. The third-order valence-electron chi connectivity index (χ3n) is 3.51. The van der Waals surface area contributed by atoms with Crippen LogP contribution in [-0.2, 0) is 7.05 Å². The van der Waals surface area contributed by atoms with Gasteiger partial charge in [-0.25, -0.2) is 0 Å². The second kappa shape index (κ2) is 4.87. The van der Waals surface area contributed by atoms with Crippen molar-refractivity contribution < 1.29 is 4.79 Å². The van der Waals surface area contributed by atoms with Gasteiger partial charge in [0.25, 0.3) is 5.91 Å². The van der Waals surface area contributed by atoms with E-state index < -0.39 is 0 Å². The first-order valence-electron chi connectivity index (χ1n) is 6.13. The number of nitrogens with one attached hydrogen (secondary N) is 1. The third-order valence-corrected chi connectivity index (χ3v) is 3.51. The molecule has 1 amide bonds. The molecule has 0 aromatic carbocycles. The molecule has 2 atom stereocenters. The van der Waals surface area contributed by atoms with Gasteiger partial charge in [-0.15, -0.1) is 0 Å². The molecule has 0 saturated heterocycles. The Morgan fingerprint density at radius 2 is 2.41 bits per heavy atom. The standard InChI is InChI=1S/C12H20N4O/c1-8-6-11(16(2)15-8)12(17)14-10-5-3-4-9(10)7-13/h6,9-10H,3-5,7,13H2,1-2H3,(H,14,17). The molecule has 1 heterocycles. The molecule has 1 aromatic rings. The van der Waals surface area contributed by atoms with Crippen LogP contribution >= 0.6 is 0 Å². The van der Waals surface area contributed by atoms with Crippen molar-refractivity contribution in [3.8, 4) is 0 Å². The topological polar surface area (TPSA) is 72.9 Å². The highest BCUT2D eigenvalue weighted by molar-refractivity contribution is 5.92. The van der Waals surface area contributed by atoms with Crippen LogP contribution in [0, 0.1) is 12.8 Å². The number of amides is 1. The van der Waals surface area contributed by atoms with E-state index in [1.807, 2.05) is 13.0 Å². The molecule has 2 rings (SSSR count). The maximum atomic E-state index is 12.1. The number of rotatable bonds is 3. The Morgan fingerprint density at radius 3 is 3.00 bits per heavy atom. The van der Waals surface area contributed by atoms with E-state index in [1.54, 1.807) is 11.7 Å². The van der Waals surface area contributed by atoms with Gasteiger partial charge >= 0.3 is 0 Å². The molecule has 0 spiro atoms. The fourth-order valence-electron chi connectivity index (χ4n) is 2.57. The molecule has 94 valence electrons. The first-order chi connectivity index (χ1) is 8.11. The van der Waals surface area contributed by atoms with E-state index in [0.717, 1.165) is 25.0 Å². The van der Waals surface area contributed by atoms with E-state index in [2.05, 4.69) is 10.4 Å². The van der Waals surface area contributed by atoms with E-state index in [9.17, 15) is 4.79 Å². The Hall–Kier alpha value is -1.36. The first-order valence-corrected chi connectivity index (χ1v) is 6.13. The van der Waals surface area contributed by atoms with Gasteiger partial charge in [0, 0.05) is 13.1 Å².